The highest BCUT2D eigenvalue weighted by molar-refractivity contribution is 5.80. The maximum absolute atomic E-state index is 13.0. The van der Waals surface area contributed by atoms with E-state index in [2.05, 4.69) is 18.9 Å². The first-order valence-corrected chi connectivity index (χ1v) is 10.6. The molecule has 37 heavy (non-hydrogen) atoms. The Balaban J connectivity index is 0. The first-order valence-electron chi connectivity index (χ1n) is 10.6. The monoisotopic (exact) mass is 562 g/mol. The van der Waals surface area contributed by atoms with E-state index in [1.165, 1.54) is 27.7 Å². The topological polar surface area (TPSA) is 105 Å². The molecular formula is C21H30F8O8. The van der Waals surface area contributed by atoms with Crippen molar-refractivity contribution in [3.63, 3.8) is 0 Å². The Hall–Kier alpha value is -2.68. The minimum Gasteiger partial charge on any atom is -0.453 e. The lowest BCUT2D eigenvalue weighted by Gasteiger charge is -2.24. The standard InChI is InChI=1S/C11H16F4O4.C10H14F4O4/c1-5-9(2,3)8(17)18-6-7(16)19-10(4,12)11(13,14)15;1-4-9(2,3)8(16)17-5-6(15)18-7(11)10(12,13)14/h5-6H2,1-4H3;7H,4-5H2,1-3H3. The van der Waals surface area contributed by atoms with E-state index in [9.17, 15) is 54.3 Å². The van der Waals surface area contributed by atoms with Gasteiger partial charge in [0.25, 0.3) is 0 Å². The van der Waals surface area contributed by atoms with E-state index in [-0.39, 0.29) is 6.92 Å². The summed E-state index contributed by atoms with van der Waals surface area (Å²) in [7, 11) is 0. The fraction of sp³-hybridized carbons (Fsp3) is 0.810. The van der Waals surface area contributed by atoms with Gasteiger partial charge in [-0.05, 0) is 40.5 Å². The molecule has 0 aliphatic carbocycles. The van der Waals surface area contributed by atoms with E-state index in [0.717, 1.165) is 0 Å². The molecule has 0 fully saturated rings. The highest BCUT2D eigenvalue weighted by Gasteiger charge is 2.56. The summed E-state index contributed by atoms with van der Waals surface area (Å²) in [5.74, 6) is -8.87. The summed E-state index contributed by atoms with van der Waals surface area (Å²) in [6.07, 6.45) is -13.5. The highest BCUT2D eigenvalue weighted by atomic mass is 19.4. The number of halogens is 8. The first-order chi connectivity index (χ1) is 16.3. The molecule has 0 radical (unpaired) electrons. The quantitative estimate of drug-likeness (QED) is 0.205. The molecular weight excluding hydrogens is 532 g/mol. The molecule has 0 saturated carbocycles. The average Bonchev–Trinajstić information content (AvgIpc) is 2.74. The van der Waals surface area contributed by atoms with Crippen molar-refractivity contribution in [2.75, 3.05) is 13.2 Å². The van der Waals surface area contributed by atoms with Crippen LogP contribution in [0.3, 0.4) is 0 Å². The van der Waals surface area contributed by atoms with Crippen LogP contribution in [0.25, 0.3) is 0 Å². The van der Waals surface area contributed by atoms with Crippen molar-refractivity contribution in [2.45, 2.75) is 85.9 Å². The second-order valence-corrected chi connectivity index (χ2v) is 8.86. The van der Waals surface area contributed by atoms with Crippen molar-refractivity contribution in [3.05, 3.63) is 0 Å². The molecule has 0 aliphatic rings. The molecule has 0 rings (SSSR count). The van der Waals surface area contributed by atoms with Gasteiger partial charge in [0.2, 0.25) is 0 Å². The maximum Gasteiger partial charge on any atom is 0.460 e. The van der Waals surface area contributed by atoms with Gasteiger partial charge in [0.15, 0.2) is 13.2 Å². The van der Waals surface area contributed by atoms with Crippen molar-refractivity contribution >= 4 is 23.9 Å². The first kappa shape index (κ1) is 36.5. The van der Waals surface area contributed by atoms with Crippen molar-refractivity contribution in [1.29, 1.82) is 0 Å². The van der Waals surface area contributed by atoms with Crippen molar-refractivity contribution in [3.8, 4) is 0 Å². The molecule has 218 valence electrons. The third-order valence-corrected chi connectivity index (χ3v) is 4.82. The van der Waals surface area contributed by atoms with Gasteiger partial charge in [-0.25, -0.2) is 9.59 Å². The molecule has 0 aromatic heterocycles. The predicted octanol–water partition coefficient (Wildman–Crippen LogP) is 5.12. The largest absolute Gasteiger partial charge is 0.460 e. The minimum atomic E-state index is -5.35. The van der Waals surface area contributed by atoms with Crippen LogP contribution in [0, 0.1) is 10.8 Å². The van der Waals surface area contributed by atoms with Gasteiger partial charge in [0.1, 0.15) is 0 Å². The van der Waals surface area contributed by atoms with Crippen LogP contribution >= 0.6 is 0 Å². The van der Waals surface area contributed by atoms with Gasteiger partial charge in [0, 0.05) is 6.92 Å². The average molecular weight is 562 g/mol. The molecule has 0 N–H and O–H groups in total. The molecule has 0 bridgehead atoms. The van der Waals surface area contributed by atoms with E-state index < -0.39 is 72.5 Å². The molecule has 0 amide bonds. The van der Waals surface area contributed by atoms with Crippen LogP contribution < -0.4 is 0 Å². The van der Waals surface area contributed by atoms with E-state index >= 15 is 0 Å². The fourth-order valence-electron chi connectivity index (χ4n) is 1.45. The molecule has 0 aliphatic heterocycles. The molecule has 2 unspecified atom stereocenters. The van der Waals surface area contributed by atoms with Crippen LogP contribution in [0.4, 0.5) is 35.1 Å². The third-order valence-electron chi connectivity index (χ3n) is 4.82. The maximum atomic E-state index is 13.0. The molecule has 0 saturated heterocycles. The minimum absolute atomic E-state index is 0.0582. The number of hydrogen-bond donors (Lipinski definition) is 0. The van der Waals surface area contributed by atoms with E-state index in [4.69, 9.17) is 0 Å². The van der Waals surface area contributed by atoms with Crippen molar-refractivity contribution < 1.29 is 73.2 Å². The van der Waals surface area contributed by atoms with Gasteiger partial charge in [-0.2, -0.15) is 35.1 Å². The highest BCUT2D eigenvalue weighted by Crippen LogP contribution is 2.34. The predicted molar refractivity (Wildman–Crippen MR) is 109 cm³/mol. The number of rotatable bonds is 10. The van der Waals surface area contributed by atoms with Crippen LogP contribution in [0.2, 0.25) is 0 Å². The van der Waals surface area contributed by atoms with Crippen LogP contribution in [0.15, 0.2) is 0 Å². The molecule has 2 atom stereocenters. The van der Waals surface area contributed by atoms with Gasteiger partial charge in [0.05, 0.1) is 10.8 Å². The number of esters is 4. The molecule has 8 nitrogen and oxygen atoms in total. The Bertz CT molecular complexity index is 788. The molecule has 0 aromatic carbocycles. The SMILES string of the molecule is CCC(C)(C)C(=O)OCC(=O)OC(C)(F)C(F)(F)F.CCC(C)(C)C(=O)OCC(=O)OC(F)C(F)(F)F. The smallest absolute Gasteiger partial charge is 0.453 e. The van der Waals surface area contributed by atoms with E-state index in [0.29, 0.717) is 12.8 Å². The summed E-state index contributed by atoms with van der Waals surface area (Å²) in [4.78, 5) is 44.5. The molecule has 0 spiro atoms. The summed E-state index contributed by atoms with van der Waals surface area (Å²) in [5.41, 5.74) is -1.76. The lowest BCUT2D eigenvalue weighted by Crippen LogP contribution is -2.43. The van der Waals surface area contributed by atoms with Crippen molar-refractivity contribution in [1.82, 2.24) is 0 Å². The van der Waals surface area contributed by atoms with Gasteiger partial charge < -0.3 is 18.9 Å². The van der Waals surface area contributed by atoms with Crippen LogP contribution in [0.5, 0.6) is 0 Å². The lowest BCUT2D eigenvalue weighted by atomic mass is 9.91. The normalized spacial score (nSPS) is 14.8. The Morgan fingerprint density at radius 3 is 1.32 bits per heavy atom. The summed E-state index contributed by atoms with van der Waals surface area (Å²) < 4.78 is 112. The second-order valence-electron chi connectivity index (χ2n) is 8.86. The van der Waals surface area contributed by atoms with Gasteiger partial charge in [-0.1, -0.05) is 13.8 Å². The zero-order chi connectivity index (χ0) is 30.0. The second kappa shape index (κ2) is 13.7. The Morgan fingerprint density at radius 2 is 1.03 bits per heavy atom. The van der Waals surface area contributed by atoms with Crippen molar-refractivity contribution in [2.24, 2.45) is 10.8 Å². The Morgan fingerprint density at radius 1 is 0.676 bits per heavy atom. The Labute approximate surface area is 207 Å². The zero-order valence-corrected chi connectivity index (χ0v) is 21.2. The number of hydrogen-bond acceptors (Lipinski definition) is 8. The Kier molecular flexibility index (Phi) is 13.6. The number of carbonyl (C=O) groups is 4. The van der Waals surface area contributed by atoms with Gasteiger partial charge >= 0.3 is 48.4 Å². The summed E-state index contributed by atoms with van der Waals surface area (Å²) in [6, 6.07) is 0. The number of ether oxygens (including phenoxy) is 4. The lowest BCUT2D eigenvalue weighted by molar-refractivity contribution is -0.313. The van der Waals surface area contributed by atoms with Crippen LogP contribution in [-0.4, -0.2) is 61.7 Å². The third kappa shape index (κ3) is 13.4. The van der Waals surface area contributed by atoms with E-state index in [1.807, 2.05) is 0 Å². The molecule has 16 heteroatoms. The van der Waals surface area contributed by atoms with Gasteiger partial charge in [-0.3, -0.25) is 9.59 Å². The van der Waals surface area contributed by atoms with Crippen LogP contribution in [0.1, 0.15) is 61.3 Å². The summed E-state index contributed by atoms with van der Waals surface area (Å²) >= 11 is 0. The molecule has 0 aromatic rings. The fourth-order valence-corrected chi connectivity index (χ4v) is 1.45. The summed E-state index contributed by atoms with van der Waals surface area (Å²) in [6.45, 7) is 7.47. The van der Waals surface area contributed by atoms with Gasteiger partial charge in [-0.15, -0.1) is 0 Å². The summed E-state index contributed by atoms with van der Waals surface area (Å²) in [5, 5.41) is 0. The molecule has 0 heterocycles. The number of alkyl halides is 8. The zero-order valence-electron chi connectivity index (χ0n) is 21.2. The van der Waals surface area contributed by atoms with Crippen LogP contribution in [-0.2, 0) is 38.1 Å². The van der Waals surface area contributed by atoms with E-state index in [1.54, 1.807) is 13.8 Å². The number of carbonyl (C=O) groups excluding carboxylic acids is 4.